The number of nitro groups is 1. The summed E-state index contributed by atoms with van der Waals surface area (Å²) < 4.78 is 0. The van der Waals surface area contributed by atoms with Crippen LogP contribution in [0.5, 0.6) is 0 Å². The van der Waals surface area contributed by atoms with E-state index in [0.717, 1.165) is 56.3 Å². The number of fused-ring (bicyclic) bond motifs is 1. The fourth-order valence-corrected chi connectivity index (χ4v) is 3.97. The number of likely N-dealkylation sites (tertiary alicyclic amines) is 1. The standard InChI is InChI=1S/C18H25N3O4/c22-11-3-6-15-5-2-9-19(15)13-18(23)20-10-1-4-14-12-16(21(24)25)7-8-17(14)20/h7-8,12,15,22H,1-6,9-11,13H2. The van der Waals surface area contributed by atoms with Gasteiger partial charge in [0.15, 0.2) is 0 Å². The molecule has 2 aliphatic heterocycles. The molecule has 0 spiro atoms. The molecular formula is C18H25N3O4. The van der Waals surface area contributed by atoms with Crippen LogP contribution < -0.4 is 4.90 Å². The van der Waals surface area contributed by atoms with Crippen molar-refractivity contribution in [2.24, 2.45) is 0 Å². The lowest BCUT2D eigenvalue weighted by Gasteiger charge is -2.32. The van der Waals surface area contributed by atoms with Gasteiger partial charge in [-0.15, -0.1) is 0 Å². The number of rotatable bonds is 6. The van der Waals surface area contributed by atoms with Gasteiger partial charge >= 0.3 is 0 Å². The molecule has 1 fully saturated rings. The van der Waals surface area contributed by atoms with Gasteiger partial charge in [-0.05, 0) is 56.7 Å². The Hall–Kier alpha value is -1.99. The van der Waals surface area contributed by atoms with Crippen LogP contribution in [0, 0.1) is 10.1 Å². The van der Waals surface area contributed by atoms with Crippen LogP contribution in [0.4, 0.5) is 11.4 Å². The number of hydrogen-bond acceptors (Lipinski definition) is 5. The van der Waals surface area contributed by atoms with Gasteiger partial charge in [0.2, 0.25) is 5.91 Å². The van der Waals surface area contributed by atoms with Gasteiger partial charge in [-0.1, -0.05) is 0 Å². The highest BCUT2D eigenvalue weighted by molar-refractivity contribution is 5.96. The van der Waals surface area contributed by atoms with Crippen LogP contribution in [0.2, 0.25) is 0 Å². The zero-order valence-corrected chi connectivity index (χ0v) is 14.4. The van der Waals surface area contributed by atoms with Gasteiger partial charge in [-0.2, -0.15) is 0 Å². The maximum atomic E-state index is 12.9. The van der Waals surface area contributed by atoms with Crippen LogP contribution in [0.25, 0.3) is 0 Å². The number of non-ortho nitro benzene ring substituents is 1. The molecule has 7 nitrogen and oxygen atoms in total. The minimum absolute atomic E-state index is 0.0608. The molecule has 136 valence electrons. The zero-order valence-electron chi connectivity index (χ0n) is 14.4. The Morgan fingerprint density at radius 1 is 1.32 bits per heavy atom. The third-order valence-corrected chi connectivity index (χ3v) is 5.23. The van der Waals surface area contributed by atoms with Crippen LogP contribution in [-0.2, 0) is 11.2 Å². The third-order valence-electron chi connectivity index (χ3n) is 5.23. The van der Waals surface area contributed by atoms with Crippen LogP contribution in [0.3, 0.4) is 0 Å². The van der Waals surface area contributed by atoms with Gasteiger partial charge < -0.3 is 10.0 Å². The average Bonchev–Trinajstić information content (AvgIpc) is 3.05. The summed E-state index contributed by atoms with van der Waals surface area (Å²) in [4.78, 5) is 27.4. The molecule has 1 atom stereocenters. The van der Waals surface area contributed by atoms with E-state index in [1.807, 2.05) is 0 Å². The first-order valence-corrected chi connectivity index (χ1v) is 9.02. The van der Waals surface area contributed by atoms with Crippen molar-refractivity contribution in [3.05, 3.63) is 33.9 Å². The van der Waals surface area contributed by atoms with E-state index in [-0.39, 0.29) is 18.2 Å². The summed E-state index contributed by atoms with van der Waals surface area (Å²) >= 11 is 0. The molecule has 25 heavy (non-hydrogen) atoms. The number of amides is 1. The summed E-state index contributed by atoms with van der Waals surface area (Å²) in [5, 5.41) is 20.0. The summed E-state index contributed by atoms with van der Waals surface area (Å²) in [5.41, 5.74) is 1.77. The van der Waals surface area contributed by atoms with Crippen molar-refractivity contribution in [1.82, 2.24) is 4.90 Å². The second-order valence-corrected chi connectivity index (χ2v) is 6.85. The molecule has 1 saturated heterocycles. The number of nitrogens with zero attached hydrogens (tertiary/aromatic N) is 3. The fourth-order valence-electron chi connectivity index (χ4n) is 3.97. The Morgan fingerprint density at radius 3 is 2.92 bits per heavy atom. The molecule has 7 heteroatoms. The smallest absolute Gasteiger partial charge is 0.269 e. The lowest BCUT2D eigenvalue weighted by atomic mass is 10.0. The molecule has 1 aromatic carbocycles. The monoisotopic (exact) mass is 347 g/mol. The fraction of sp³-hybridized carbons (Fsp3) is 0.611. The molecule has 1 N–H and O–H groups in total. The van der Waals surface area contributed by atoms with Crippen molar-refractivity contribution >= 4 is 17.3 Å². The Balaban J connectivity index is 1.70. The highest BCUT2D eigenvalue weighted by Gasteiger charge is 2.30. The van der Waals surface area contributed by atoms with Gasteiger partial charge in [-0.25, -0.2) is 0 Å². The van der Waals surface area contributed by atoms with E-state index in [0.29, 0.717) is 19.1 Å². The van der Waals surface area contributed by atoms with E-state index in [1.54, 1.807) is 17.0 Å². The minimum atomic E-state index is -0.392. The summed E-state index contributed by atoms with van der Waals surface area (Å²) in [7, 11) is 0. The van der Waals surface area contributed by atoms with Crippen LogP contribution in [-0.4, -0.2) is 53.1 Å². The number of anilines is 1. The minimum Gasteiger partial charge on any atom is -0.396 e. The molecule has 0 aliphatic carbocycles. The van der Waals surface area contributed by atoms with Crippen LogP contribution in [0.1, 0.15) is 37.7 Å². The second kappa shape index (κ2) is 7.93. The van der Waals surface area contributed by atoms with Gasteiger partial charge in [0.05, 0.1) is 11.5 Å². The quantitative estimate of drug-likeness (QED) is 0.629. The molecule has 1 amide bonds. The maximum Gasteiger partial charge on any atom is 0.269 e. The number of hydrogen-bond donors (Lipinski definition) is 1. The van der Waals surface area contributed by atoms with Crippen molar-refractivity contribution in [2.45, 2.75) is 44.6 Å². The van der Waals surface area contributed by atoms with Gasteiger partial charge in [-0.3, -0.25) is 19.8 Å². The molecule has 2 heterocycles. The number of aliphatic hydroxyl groups is 1. The maximum absolute atomic E-state index is 12.9. The van der Waals surface area contributed by atoms with Gasteiger partial charge in [0, 0.05) is 37.0 Å². The molecule has 0 saturated carbocycles. The third kappa shape index (κ3) is 3.99. The number of aliphatic hydroxyl groups excluding tert-OH is 1. The number of carbonyl (C=O) groups is 1. The van der Waals surface area contributed by atoms with E-state index in [1.165, 1.54) is 6.07 Å². The first-order chi connectivity index (χ1) is 12.1. The highest BCUT2D eigenvalue weighted by Crippen LogP contribution is 2.31. The van der Waals surface area contributed by atoms with Crippen molar-refractivity contribution in [2.75, 3.05) is 31.1 Å². The predicted octanol–water partition coefficient (Wildman–Crippen LogP) is 2.11. The molecule has 0 radical (unpaired) electrons. The van der Waals surface area contributed by atoms with Crippen molar-refractivity contribution in [3.8, 4) is 0 Å². The first-order valence-electron chi connectivity index (χ1n) is 9.02. The molecule has 3 rings (SSSR count). The van der Waals surface area contributed by atoms with E-state index >= 15 is 0 Å². The van der Waals surface area contributed by atoms with E-state index in [9.17, 15) is 14.9 Å². The Labute approximate surface area is 147 Å². The predicted molar refractivity (Wildman–Crippen MR) is 94.7 cm³/mol. The molecular weight excluding hydrogens is 322 g/mol. The van der Waals surface area contributed by atoms with Crippen LogP contribution in [0.15, 0.2) is 18.2 Å². The van der Waals surface area contributed by atoms with Crippen molar-refractivity contribution in [1.29, 1.82) is 0 Å². The average molecular weight is 347 g/mol. The number of benzene rings is 1. The summed E-state index contributed by atoms with van der Waals surface area (Å²) in [5.74, 6) is 0.0608. The second-order valence-electron chi connectivity index (χ2n) is 6.85. The van der Waals surface area contributed by atoms with Crippen LogP contribution >= 0.6 is 0 Å². The summed E-state index contributed by atoms with van der Waals surface area (Å²) in [6.07, 6.45) is 5.46. The zero-order chi connectivity index (χ0) is 17.8. The van der Waals surface area contributed by atoms with Gasteiger partial charge in [0.1, 0.15) is 0 Å². The Bertz CT molecular complexity index is 649. The largest absolute Gasteiger partial charge is 0.396 e. The van der Waals surface area contributed by atoms with E-state index in [4.69, 9.17) is 5.11 Å². The van der Waals surface area contributed by atoms with Crippen molar-refractivity contribution < 1.29 is 14.8 Å². The lowest BCUT2D eigenvalue weighted by Crippen LogP contribution is -2.44. The van der Waals surface area contributed by atoms with E-state index < -0.39 is 4.92 Å². The Kier molecular flexibility index (Phi) is 5.65. The first kappa shape index (κ1) is 17.8. The Morgan fingerprint density at radius 2 is 2.16 bits per heavy atom. The number of nitro benzene ring substituents is 1. The molecule has 0 bridgehead atoms. The SMILES string of the molecule is O=C(CN1CCCC1CCCO)N1CCCc2cc([N+](=O)[O-])ccc21. The normalized spacial score (nSPS) is 20.5. The highest BCUT2D eigenvalue weighted by atomic mass is 16.6. The molecule has 0 aromatic heterocycles. The topological polar surface area (TPSA) is 86.9 Å². The summed E-state index contributed by atoms with van der Waals surface area (Å²) in [6, 6.07) is 5.15. The molecule has 1 unspecified atom stereocenters. The van der Waals surface area contributed by atoms with Gasteiger partial charge in [0.25, 0.3) is 5.69 Å². The van der Waals surface area contributed by atoms with E-state index in [2.05, 4.69) is 4.90 Å². The van der Waals surface area contributed by atoms with Crippen molar-refractivity contribution in [3.63, 3.8) is 0 Å². The lowest BCUT2D eigenvalue weighted by molar-refractivity contribution is -0.384. The molecule has 2 aliphatic rings. The summed E-state index contributed by atoms with van der Waals surface area (Å²) in [6.45, 7) is 2.16. The number of aryl methyl sites for hydroxylation is 1. The number of carbonyl (C=O) groups excluding carboxylic acids is 1. The molecule has 1 aromatic rings.